The molecule has 8 heteroatoms. The summed E-state index contributed by atoms with van der Waals surface area (Å²) in [6, 6.07) is 13.5. The Morgan fingerprint density at radius 1 is 1.18 bits per heavy atom. The van der Waals surface area contributed by atoms with Crippen LogP contribution in [0.3, 0.4) is 0 Å². The van der Waals surface area contributed by atoms with Gasteiger partial charge < -0.3 is 14.6 Å². The minimum Gasteiger partial charge on any atom is -0.493 e. The number of H-pyrrole nitrogens is 1. The van der Waals surface area contributed by atoms with E-state index in [1.807, 2.05) is 67.4 Å². The van der Waals surface area contributed by atoms with E-state index in [2.05, 4.69) is 20.2 Å². The minimum atomic E-state index is -0.120. The molecule has 2 aromatic heterocycles. The highest BCUT2D eigenvalue weighted by molar-refractivity contribution is 5.98. The lowest BCUT2D eigenvalue weighted by Crippen LogP contribution is -2.32. The van der Waals surface area contributed by atoms with Gasteiger partial charge in [-0.1, -0.05) is 18.2 Å². The van der Waals surface area contributed by atoms with Gasteiger partial charge >= 0.3 is 0 Å². The van der Waals surface area contributed by atoms with Crippen molar-refractivity contribution in [1.82, 2.24) is 29.9 Å². The number of para-hydroxylation sites is 1. The van der Waals surface area contributed by atoms with Gasteiger partial charge in [0.15, 0.2) is 0 Å². The molecule has 1 aliphatic rings. The topological polar surface area (TPSA) is 88.9 Å². The zero-order chi connectivity index (χ0) is 22.8. The molecule has 5 rings (SSSR count). The molecule has 0 bridgehead atoms. The van der Waals surface area contributed by atoms with E-state index in [1.165, 1.54) is 4.80 Å². The molecule has 8 nitrogen and oxygen atoms in total. The number of aryl methyl sites for hydroxylation is 1. The van der Waals surface area contributed by atoms with Crippen LogP contribution in [0.15, 0.2) is 61.1 Å². The molecule has 1 atom stereocenters. The number of imidazole rings is 1. The zero-order valence-corrected chi connectivity index (χ0v) is 18.7. The van der Waals surface area contributed by atoms with Gasteiger partial charge in [0.2, 0.25) is 0 Å². The van der Waals surface area contributed by atoms with Gasteiger partial charge in [0.1, 0.15) is 11.6 Å². The third-order valence-corrected chi connectivity index (χ3v) is 5.92. The Morgan fingerprint density at radius 2 is 2.00 bits per heavy atom. The first-order valence-corrected chi connectivity index (χ1v) is 11.2. The molecule has 168 valence electrons. The third-order valence-electron chi connectivity index (χ3n) is 5.92. The predicted molar refractivity (Wildman–Crippen MR) is 124 cm³/mol. The van der Waals surface area contributed by atoms with Crippen LogP contribution in [-0.4, -0.2) is 48.9 Å². The number of carbonyl (C=O) groups is 1. The molecular formula is C25H26N6O2. The number of hydrogen-bond donors (Lipinski definition) is 1. The third kappa shape index (κ3) is 4.00. The molecule has 0 radical (unpaired) electrons. The summed E-state index contributed by atoms with van der Waals surface area (Å²) >= 11 is 0. The van der Waals surface area contributed by atoms with E-state index in [9.17, 15) is 4.79 Å². The summed E-state index contributed by atoms with van der Waals surface area (Å²) in [7, 11) is 0. The molecule has 2 aromatic carbocycles. The van der Waals surface area contributed by atoms with Crippen LogP contribution in [0.2, 0.25) is 0 Å². The fourth-order valence-electron chi connectivity index (χ4n) is 4.39. The summed E-state index contributed by atoms with van der Waals surface area (Å²) in [6.07, 6.45) is 6.81. The van der Waals surface area contributed by atoms with Gasteiger partial charge in [-0.2, -0.15) is 15.0 Å². The Hall–Kier alpha value is -3.94. The second-order valence-electron chi connectivity index (χ2n) is 8.11. The Kier molecular flexibility index (Phi) is 5.64. The molecule has 4 aromatic rings. The second-order valence-corrected chi connectivity index (χ2v) is 8.11. The van der Waals surface area contributed by atoms with Gasteiger partial charge in [0, 0.05) is 12.1 Å². The van der Waals surface area contributed by atoms with E-state index < -0.39 is 0 Å². The molecule has 0 aliphatic carbocycles. The Balaban J connectivity index is 1.45. The average molecular weight is 443 g/mol. The smallest absolute Gasteiger partial charge is 0.256 e. The molecule has 1 unspecified atom stereocenters. The van der Waals surface area contributed by atoms with Crippen LogP contribution < -0.4 is 4.74 Å². The minimum absolute atomic E-state index is 0.0440. The standard InChI is InChI=1S/C25H26N6O2/c1-3-33-23-9-5-4-7-18(23)20-16-26-24(29-20)21-8-6-14-30(21)25(32)19-11-10-17(2)15-22(19)31-27-12-13-28-31/h4-5,7,9-13,15-16,21H,3,6,8,14H2,1-2H3,(H,26,29). The van der Waals surface area contributed by atoms with Gasteiger partial charge in [-0.3, -0.25) is 4.79 Å². The summed E-state index contributed by atoms with van der Waals surface area (Å²) in [5.74, 6) is 1.55. The SMILES string of the molecule is CCOc1ccccc1-c1cnc(C2CCCN2C(=O)c2ccc(C)cc2-n2nccn2)[nH]1. The monoisotopic (exact) mass is 442 g/mol. The van der Waals surface area contributed by atoms with Crippen LogP contribution in [0.4, 0.5) is 0 Å². The molecule has 1 aliphatic heterocycles. The highest BCUT2D eigenvalue weighted by Crippen LogP contribution is 2.35. The van der Waals surface area contributed by atoms with E-state index >= 15 is 0 Å². The average Bonchev–Trinajstić information content (AvgIpc) is 3.61. The van der Waals surface area contributed by atoms with Crippen LogP contribution >= 0.6 is 0 Å². The maximum Gasteiger partial charge on any atom is 0.256 e. The normalized spacial score (nSPS) is 15.7. The molecular weight excluding hydrogens is 416 g/mol. The van der Waals surface area contributed by atoms with Crippen LogP contribution in [0.25, 0.3) is 16.9 Å². The number of likely N-dealkylation sites (tertiary alicyclic amines) is 1. The second kappa shape index (κ2) is 8.90. The van der Waals surface area contributed by atoms with E-state index in [0.717, 1.165) is 41.2 Å². The molecule has 3 heterocycles. The summed E-state index contributed by atoms with van der Waals surface area (Å²) in [6.45, 7) is 5.22. The van der Waals surface area contributed by atoms with Crippen molar-refractivity contribution in [1.29, 1.82) is 0 Å². The summed E-state index contributed by atoms with van der Waals surface area (Å²) in [5.41, 5.74) is 4.14. The molecule has 0 spiro atoms. The van der Waals surface area contributed by atoms with Crippen molar-refractivity contribution in [2.45, 2.75) is 32.7 Å². The Morgan fingerprint density at radius 3 is 2.82 bits per heavy atom. The van der Waals surface area contributed by atoms with Crippen LogP contribution in [0.5, 0.6) is 5.75 Å². The highest BCUT2D eigenvalue weighted by Gasteiger charge is 2.34. The number of aromatic nitrogens is 5. The summed E-state index contributed by atoms with van der Waals surface area (Å²) in [5, 5.41) is 8.48. The summed E-state index contributed by atoms with van der Waals surface area (Å²) in [4.78, 5) is 25.2. The number of rotatable bonds is 6. The first-order valence-electron chi connectivity index (χ1n) is 11.2. The van der Waals surface area contributed by atoms with Crippen molar-refractivity contribution in [3.8, 4) is 22.7 Å². The number of ether oxygens (including phenoxy) is 1. The quantitative estimate of drug-likeness (QED) is 0.480. The number of carbonyl (C=O) groups excluding carboxylic acids is 1. The maximum absolute atomic E-state index is 13.7. The predicted octanol–water partition coefficient (Wildman–Crippen LogP) is 4.34. The first kappa shape index (κ1) is 20.9. The van der Waals surface area contributed by atoms with E-state index in [-0.39, 0.29) is 11.9 Å². The number of nitrogens with one attached hydrogen (secondary N) is 1. The fourth-order valence-corrected chi connectivity index (χ4v) is 4.39. The Bertz CT molecular complexity index is 1260. The molecule has 1 saturated heterocycles. The van der Waals surface area contributed by atoms with E-state index in [4.69, 9.17) is 4.74 Å². The van der Waals surface area contributed by atoms with Crippen LogP contribution in [0.1, 0.15) is 47.6 Å². The van der Waals surface area contributed by atoms with Crippen molar-refractivity contribution in [3.63, 3.8) is 0 Å². The van der Waals surface area contributed by atoms with Gasteiger partial charge in [-0.15, -0.1) is 0 Å². The number of amides is 1. The number of benzene rings is 2. The van der Waals surface area contributed by atoms with Crippen LogP contribution in [-0.2, 0) is 0 Å². The van der Waals surface area contributed by atoms with Crippen molar-refractivity contribution >= 4 is 5.91 Å². The largest absolute Gasteiger partial charge is 0.493 e. The van der Waals surface area contributed by atoms with Gasteiger partial charge in [-0.25, -0.2) is 4.98 Å². The molecule has 1 amide bonds. The van der Waals surface area contributed by atoms with Gasteiger partial charge in [0.25, 0.3) is 5.91 Å². The number of hydrogen-bond acceptors (Lipinski definition) is 5. The number of aromatic amines is 1. The first-order chi connectivity index (χ1) is 16.2. The van der Waals surface area contributed by atoms with Crippen molar-refractivity contribution < 1.29 is 9.53 Å². The number of nitrogens with zero attached hydrogens (tertiary/aromatic N) is 5. The van der Waals surface area contributed by atoms with Gasteiger partial charge in [-0.05, 0) is 56.5 Å². The van der Waals surface area contributed by atoms with Crippen molar-refractivity contribution in [2.75, 3.05) is 13.2 Å². The van der Waals surface area contributed by atoms with Crippen molar-refractivity contribution in [2.24, 2.45) is 0 Å². The van der Waals surface area contributed by atoms with Crippen molar-refractivity contribution in [3.05, 3.63) is 78.0 Å². The molecule has 0 saturated carbocycles. The Labute approximate surface area is 192 Å². The summed E-state index contributed by atoms with van der Waals surface area (Å²) < 4.78 is 5.78. The lowest BCUT2D eigenvalue weighted by atomic mass is 10.1. The highest BCUT2D eigenvalue weighted by atomic mass is 16.5. The molecule has 33 heavy (non-hydrogen) atoms. The van der Waals surface area contributed by atoms with E-state index in [1.54, 1.807) is 12.4 Å². The lowest BCUT2D eigenvalue weighted by Gasteiger charge is -2.24. The lowest BCUT2D eigenvalue weighted by molar-refractivity contribution is 0.0730. The zero-order valence-electron chi connectivity index (χ0n) is 18.7. The fraction of sp³-hybridized carbons (Fsp3) is 0.280. The van der Waals surface area contributed by atoms with Crippen LogP contribution in [0, 0.1) is 6.92 Å². The van der Waals surface area contributed by atoms with Gasteiger partial charge in [0.05, 0.1) is 48.2 Å². The van der Waals surface area contributed by atoms with E-state index in [0.29, 0.717) is 24.4 Å². The molecule has 1 N–H and O–H groups in total. The molecule has 1 fully saturated rings. The maximum atomic E-state index is 13.7.